The van der Waals surface area contributed by atoms with Crippen LogP contribution in [0.25, 0.3) is 0 Å². The van der Waals surface area contributed by atoms with Crippen LogP contribution >= 0.6 is 0 Å². The average Bonchev–Trinajstić information content (AvgIpc) is 3.40. The van der Waals surface area contributed by atoms with Gasteiger partial charge in [-0.15, -0.1) is 0 Å². The Kier molecular flexibility index (Phi) is 33.9. The molecule has 0 aliphatic rings. The third kappa shape index (κ3) is 32.1. The third-order valence-corrected chi connectivity index (χ3v) is 12.0. The molecule has 20 heteroatoms. The van der Waals surface area contributed by atoms with Gasteiger partial charge >= 0.3 is 18.0 Å². The molecule has 0 spiro atoms. The standard InChI is InChI=1S/C39H62N6O7.C16H18O4.C5H10N2O/c1-42(2)23-11-15-37(47)50-33-19-17-30(27-32(33)29-36(46)40-21-25-44(5)6)13-9-10-14-31-18-20-34(52-39(49)41-22-26-45(7)8)35(28-31)51-38(48)16-12-24-43(3)4;17-13-7-5-11(9-15(13)19)3-1-2-4-12-6-8-14(18)16(20)10-12;1-7(2)4-3-6-5-8/h17-20,27-28H,9-16,21-26,29H2,1-8H3,(H,40,46)(H,41,49);5-10,17-20H,1-4H2;3-4H2,1-2H3. The van der Waals surface area contributed by atoms with E-state index in [1.54, 1.807) is 42.5 Å². The van der Waals surface area contributed by atoms with Gasteiger partial charge in [0.05, 0.1) is 13.0 Å². The van der Waals surface area contributed by atoms with E-state index >= 15 is 0 Å². The smallest absolute Gasteiger partial charge is 0.412 e. The highest BCUT2D eigenvalue weighted by Crippen LogP contribution is 2.31. The predicted octanol–water partition coefficient (Wildman–Crippen LogP) is 6.57. The molecule has 0 aliphatic carbocycles. The molecule has 6 N–H and O–H groups in total. The molecule has 0 heterocycles. The van der Waals surface area contributed by atoms with Crippen molar-refractivity contribution in [2.45, 2.75) is 83.5 Å². The summed E-state index contributed by atoms with van der Waals surface area (Å²) in [5, 5.41) is 42.9. The molecule has 80 heavy (non-hydrogen) atoms. The van der Waals surface area contributed by atoms with Gasteiger partial charge in [-0.25, -0.2) is 14.6 Å². The number of hydrogen-bond donors (Lipinski definition) is 6. The number of isocyanates is 1. The van der Waals surface area contributed by atoms with E-state index in [1.807, 2.05) is 113 Å². The first-order valence-electron chi connectivity index (χ1n) is 27.2. The van der Waals surface area contributed by atoms with Crippen LogP contribution in [-0.2, 0) is 51.3 Å². The summed E-state index contributed by atoms with van der Waals surface area (Å²) in [6.45, 7) is 5.23. The fraction of sp³-hybridized carbons (Fsp3) is 0.517. The Labute approximate surface area is 474 Å². The van der Waals surface area contributed by atoms with Crippen molar-refractivity contribution in [3.05, 3.63) is 101 Å². The summed E-state index contributed by atoms with van der Waals surface area (Å²) in [5.41, 5.74) is 4.63. The Bertz CT molecular complexity index is 2370. The number of benzene rings is 4. The highest BCUT2D eigenvalue weighted by atomic mass is 16.6. The summed E-state index contributed by atoms with van der Waals surface area (Å²) >= 11 is 0. The molecular weight excluding hydrogens is 1020 g/mol. The van der Waals surface area contributed by atoms with Gasteiger partial charge in [0, 0.05) is 51.1 Å². The van der Waals surface area contributed by atoms with Crippen molar-refractivity contribution in [2.24, 2.45) is 4.99 Å². The molecule has 20 nitrogen and oxygen atoms in total. The highest BCUT2D eigenvalue weighted by Gasteiger charge is 2.17. The summed E-state index contributed by atoms with van der Waals surface area (Å²) in [6.07, 6.45) is 9.51. The van der Waals surface area contributed by atoms with Crippen molar-refractivity contribution in [3.63, 3.8) is 0 Å². The number of unbranched alkanes of at least 4 members (excludes halogenated alkanes) is 2. The molecule has 4 aromatic rings. The number of phenols is 4. The lowest BCUT2D eigenvalue weighted by atomic mass is 10.00. The zero-order valence-electron chi connectivity index (χ0n) is 49.0. The molecule has 0 radical (unpaired) electrons. The summed E-state index contributed by atoms with van der Waals surface area (Å²) in [5.74, 6) is -0.404. The van der Waals surface area contributed by atoms with Crippen LogP contribution in [0.4, 0.5) is 4.79 Å². The molecule has 442 valence electrons. The van der Waals surface area contributed by atoms with Gasteiger partial charge in [-0.05, 0) is 212 Å². The number of carbonyl (C=O) groups is 4. The largest absolute Gasteiger partial charge is 0.504 e. The summed E-state index contributed by atoms with van der Waals surface area (Å²) in [4.78, 5) is 73.3. The number of phenolic OH excluding ortho intramolecular Hbond substituents is 4. The van der Waals surface area contributed by atoms with Crippen molar-refractivity contribution in [2.75, 3.05) is 123 Å². The first-order valence-corrected chi connectivity index (χ1v) is 27.2. The molecule has 0 unspecified atom stereocenters. The van der Waals surface area contributed by atoms with Gasteiger partial charge < -0.3 is 69.8 Å². The molecule has 4 rings (SSSR count). The minimum Gasteiger partial charge on any atom is -0.504 e. The van der Waals surface area contributed by atoms with E-state index < -0.39 is 6.09 Å². The number of amides is 2. The maximum absolute atomic E-state index is 12.8. The van der Waals surface area contributed by atoms with Gasteiger partial charge in [-0.2, -0.15) is 0 Å². The van der Waals surface area contributed by atoms with Gasteiger partial charge in [0.25, 0.3) is 0 Å². The average molecular weight is 1120 g/mol. The molecule has 4 aromatic carbocycles. The first kappa shape index (κ1) is 69.0. The predicted molar refractivity (Wildman–Crippen MR) is 312 cm³/mol. The molecule has 0 bridgehead atoms. The van der Waals surface area contributed by atoms with Crippen molar-refractivity contribution in [1.82, 2.24) is 35.1 Å². The first-order chi connectivity index (χ1) is 38.0. The highest BCUT2D eigenvalue weighted by molar-refractivity contribution is 5.80. The second-order valence-electron chi connectivity index (χ2n) is 20.8. The zero-order valence-corrected chi connectivity index (χ0v) is 49.0. The van der Waals surface area contributed by atoms with E-state index in [-0.39, 0.29) is 65.2 Å². The second-order valence-corrected chi connectivity index (χ2v) is 20.8. The van der Waals surface area contributed by atoms with E-state index in [9.17, 15) is 44.4 Å². The Morgan fingerprint density at radius 1 is 0.463 bits per heavy atom. The van der Waals surface area contributed by atoms with E-state index in [0.29, 0.717) is 63.2 Å². The fourth-order valence-electron chi connectivity index (χ4n) is 7.56. The fourth-order valence-corrected chi connectivity index (χ4v) is 7.56. The number of hydrogen-bond acceptors (Lipinski definition) is 18. The normalized spacial score (nSPS) is 10.9. The lowest BCUT2D eigenvalue weighted by Crippen LogP contribution is -2.33. The Morgan fingerprint density at radius 2 is 0.875 bits per heavy atom. The van der Waals surface area contributed by atoms with Crippen molar-refractivity contribution in [3.8, 4) is 40.2 Å². The number of likely N-dealkylation sites (N-methyl/N-ethyl adjacent to an activating group) is 3. The minimum absolute atomic E-state index is 0.0917. The number of nitrogens with zero attached hydrogens (tertiary/aromatic N) is 6. The van der Waals surface area contributed by atoms with Crippen molar-refractivity contribution < 1.29 is 58.6 Å². The van der Waals surface area contributed by atoms with E-state index in [1.165, 1.54) is 18.2 Å². The van der Waals surface area contributed by atoms with Crippen LogP contribution in [0.5, 0.6) is 40.2 Å². The Balaban J connectivity index is 0.000000632. The Hall–Kier alpha value is -7.06. The summed E-state index contributed by atoms with van der Waals surface area (Å²) in [6, 6.07) is 20.7. The number of carbonyl (C=O) groups excluding carboxylic acids is 5. The van der Waals surface area contributed by atoms with E-state index in [2.05, 4.69) is 15.6 Å². The minimum atomic E-state index is -0.616. The number of ether oxygens (including phenoxy) is 3. The molecule has 0 aromatic heterocycles. The Morgan fingerprint density at radius 3 is 1.32 bits per heavy atom. The van der Waals surface area contributed by atoms with Gasteiger partial charge in [0.2, 0.25) is 12.0 Å². The SMILES string of the molecule is CN(C)CCCC(=O)Oc1ccc(CCCCc2ccc(OC(=O)NCCN(C)C)c(OC(=O)CCCN(C)C)c2)cc1CC(=O)NCCN(C)C.CN(C)CCN=C=O.Oc1ccc(CCCCc2ccc(O)c(O)c2)cc1O. The topological polar surface area (TPSA) is 247 Å². The van der Waals surface area contributed by atoms with Crippen LogP contribution in [0.1, 0.15) is 79.2 Å². The van der Waals surface area contributed by atoms with Gasteiger partial charge in [0.1, 0.15) is 5.75 Å². The van der Waals surface area contributed by atoms with Crippen LogP contribution in [0.3, 0.4) is 0 Å². The molecule has 0 aliphatic heterocycles. The maximum Gasteiger partial charge on any atom is 0.412 e. The molecule has 2 amide bonds. The lowest BCUT2D eigenvalue weighted by molar-refractivity contribution is -0.135. The third-order valence-electron chi connectivity index (χ3n) is 12.0. The number of esters is 2. The van der Waals surface area contributed by atoms with Crippen LogP contribution in [-0.4, -0.2) is 198 Å². The van der Waals surface area contributed by atoms with Crippen LogP contribution in [0.15, 0.2) is 77.8 Å². The molecule has 0 atom stereocenters. The zero-order chi connectivity index (χ0) is 59.4. The number of aromatic hydroxyl groups is 4. The monoisotopic (exact) mass is 1110 g/mol. The lowest BCUT2D eigenvalue weighted by Gasteiger charge is -2.15. The molecular formula is C60H90N8O12. The van der Waals surface area contributed by atoms with Gasteiger partial charge in [-0.3, -0.25) is 14.4 Å². The van der Waals surface area contributed by atoms with E-state index in [0.717, 1.165) is 93.4 Å². The van der Waals surface area contributed by atoms with Crippen LogP contribution < -0.4 is 24.8 Å². The van der Waals surface area contributed by atoms with E-state index in [4.69, 9.17) is 14.2 Å². The molecule has 0 fully saturated rings. The summed E-state index contributed by atoms with van der Waals surface area (Å²) < 4.78 is 16.9. The van der Waals surface area contributed by atoms with Crippen molar-refractivity contribution >= 4 is 30.0 Å². The number of rotatable bonds is 32. The molecule has 0 saturated carbocycles. The van der Waals surface area contributed by atoms with Crippen LogP contribution in [0.2, 0.25) is 0 Å². The van der Waals surface area contributed by atoms with Crippen molar-refractivity contribution in [1.29, 1.82) is 0 Å². The van der Waals surface area contributed by atoms with Gasteiger partial charge in [-0.1, -0.05) is 30.3 Å². The number of aryl methyl sites for hydroxylation is 4. The number of aliphatic imine (C=N–C) groups is 1. The molecule has 0 saturated heterocycles. The number of nitrogens with one attached hydrogen (secondary N) is 2. The van der Waals surface area contributed by atoms with Gasteiger partial charge in [0.15, 0.2) is 34.5 Å². The second kappa shape index (κ2) is 39.3. The summed E-state index contributed by atoms with van der Waals surface area (Å²) in [7, 11) is 19.4. The quantitative estimate of drug-likeness (QED) is 0.00756. The maximum atomic E-state index is 12.8. The van der Waals surface area contributed by atoms with Crippen LogP contribution in [0, 0.1) is 0 Å².